The van der Waals surface area contributed by atoms with Gasteiger partial charge in [0.2, 0.25) is 5.91 Å². The van der Waals surface area contributed by atoms with Crippen LogP contribution in [0.2, 0.25) is 0 Å². The second-order valence-electron chi connectivity index (χ2n) is 5.67. The molecule has 1 aromatic carbocycles. The van der Waals surface area contributed by atoms with Gasteiger partial charge in [-0.25, -0.2) is 9.99 Å². The van der Waals surface area contributed by atoms with Crippen LogP contribution in [0.5, 0.6) is 0 Å². The molecule has 3 heterocycles. The summed E-state index contributed by atoms with van der Waals surface area (Å²) in [6, 6.07) is 10.1. The first-order chi connectivity index (χ1) is 11.8. The van der Waals surface area contributed by atoms with Gasteiger partial charge in [0.25, 0.3) is 0 Å². The van der Waals surface area contributed by atoms with Gasteiger partial charge in [0.15, 0.2) is 0 Å². The maximum Gasteiger partial charge on any atom is 0.242 e. The number of para-hydroxylation sites is 1. The molecule has 1 amide bonds. The molecule has 1 aliphatic heterocycles. The molecule has 0 aliphatic carbocycles. The van der Waals surface area contributed by atoms with Gasteiger partial charge in [-0.15, -0.1) is 11.3 Å². The standard InChI is InChI=1S/C18H16N4OS/c23-17-6-3-10-22(17)21-16(18-20-9-11-24-18)12-13-7-8-19-15-5-2-1-4-14(13)15/h1-2,4-5,7-9,11H,3,6,10,12H2. The van der Waals surface area contributed by atoms with Crippen molar-refractivity contribution in [3.05, 3.63) is 58.7 Å². The van der Waals surface area contributed by atoms with Gasteiger partial charge < -0.3 is 0 Å². The van der Waals surface area contributed by atoms with Crippen LogP contribution in [0, 0.1) is 0 Å². The molecule has 24 heavy (non-hydrogen) atoms. The van der Waals surface area contributed by atoms with E-state index >= 15 is 0 Å². The highest BCUT2D eigenvalue weighted by molar-refractivity contribution is 7.11. The fraction of sp³-hybridized carbons (Fsp3) is 0.222. The van der Waals surface area contributed by atoms with E-state index in [9.17, 15) is 4.79 Å². The minimum absolute atomic E-state index is 0.0867. The molecule has 3 aromatic rings. The number of thiazole rings is 1. The van der Waals surface area contributed by atoms with Crippen LogP contribution < -0.4 is 0 Å². The molecule has 1 aliphatic rings. The molecule has 0 spiro atoms. The highest BCUT2D eigenvalue weighted by atomic mass is 32.1. The van der Waals surface area contributed by atoms with E-state index in [0.717, 1.165) is 33.6 Å². The van der Waals surface area contributed by atoms with Gasteiger partial charge in [0.1, 0.15) is 10.7 Å². The Hall–Kier alpha value is -2.60. The summed E-state index contributed by atoms with van der Waals surface area (Å²) in [6.45, 7) is 0.685. The Balaban J connectivity index is 1.74. The van der Waals surface area contributed by atoms with Crippen molar-refractivity contribution in [3.8, 4) is 0 Å². The molecular weight excluding hydrogens is 320 g/mol. The molecule has 5 nitrogen and oxygen atoms in total. The van der Waals surface area contributed by atoms with Crippen molar-refractivity contribution in [2.24, 2.45) is 5.10 Å². The quantitative estimate of drug-likeness (QED) is 0.687. The number of hydrogen-bond acceptors (Lipinski definition) is 5. The average Bonchev–Trinajstić information content (AvgIpc) is 3.27. The molecule has 6 heteroatoms. The van der Waals surface area contributed by atoms with E-state index < -0.39 is 0 Å². The monoisotopic (exact) mass is 336 g/mol. The van der Waals surface area contributed by atoms with Crippen molar-refractivity contribution < 1.29 is 4.79 Å². The van der Waals surface area contributed by atoms with Crippen LogP contribution in [-0.4, -0.2) is 33.1 Å². The largest absolute Gasteiger partial charge is 0.273 e. The number of aromatic nitrogens is 2. The van der Waals surface area contributed by atoms with Crippen LogP contribution in [0.4, 0.5) is 0 Å². The third-order valence-corrected chi connectivity index (χ3v) is 4.89. The summed E-state index contributed by atoms with van der Waals surface area (Å²) < 4.78 is 0. The first kappa shape index (κ1) is 15.0. The first-order valence-corrected chi connectivity index (χ1v) is 8.79. The Morgan fingerprint density at radius 2 is 2.12 bits per heavy atom. The Kier molecular flexibility index (Phi) is 4.04. The van der Waals surface area contributed by atoms with Gasteiger partial charge in [-0.05, 0) is 24.1 Å². The lowest BCUT2D eigenvalue weighted by molar-refractivity contribution is -0.127. The van der Waals surface area contributed by atoms with E-state index in [1.807, 2.05) is 35.8 Å². The highest BCUT2D eigenvalue weighted by Gasteiger charge is 2.21. The van der Waals surface area contributed by atoms with Crippen LogP contribution in [-0.2, 0) is 11.2 Å². The zero-order valence-electron chi connectivity index (χ0n) is 13.1. The lowest BCUT2D eigenvalue weighted by atomic mass is 10.0. The maximum atomic E-state index is 11.9. The number of hydrogen-bond donors (Lipinski definition) is 0. The van der Waals surface area contributed by atoms with Crippen LogP contribution in [0.15, 0.2) is 53.2 Å². The number of hydrazone groups is 1. The molecule has 1 saturated heterocycles. The summed E-state index contributed by atoms with van der Waals surface area (Å²) in [5.41, 5.74) is 2.93. The molecule has 0 N–H and O–H groups in total. The van der Waals surface area contributed by atoms with E-state index in [0.29, 0.717) is 19.4 Å². The molecule has 1 fully saturated rings. The second-order valence-corrected chi connectivity index (χ2v) is 6.56. The Bertz CT molecular complexity index is 899. The summed E-state index contributed by atoms with van der Waals surface area (Å²) in [5.74, 6) is 0.0867. The van der Waals surface area contributed by atoms with Gasteiger partial charge in [-0.2, -0.15) is 5.10 Å². The van der Waals surface area contributed by atoms with Crippen LogP contribution in [0.25, 0.3) is 10.9 Å². The van der Waals surface area contributed by atoms with Gasteiger partial charge >= 0.3 is 0 Å². The van der Waals surface area contributed by atoms with Crippen LogP contribution in [0.3, 0.4) is 0 Å². The Labute approximate surface area is 143 Å². The minimum atomic E-state index is 0.0867. The fourth-order valence-corrected chi connectivity index (χ4v) is 3.52. The van der Waals surface area contributed by atoms with Crippen molar-refractivity contribution in [3.63, 3.8) is 0 Å². The summed E-state index contributed by atoms with van der Waals surface area (Å²) in [5, 5.41) is 10.1. The summed E-state index contributed by atoms with van der Waals surface area (Å²) in [7, 11) is 0. The predicted molar refractivity (Wildman–Crippen MR) is 95.0 cm³/mol. The maximum absolute atomic E-state index is 11.9. The SMILES string of the molecule is O=C1CCCN1N=C(Cc1ccnc2ccccc12)c1nccs1. The molecule has 120 valence electrons. The predicted octanol–water partition coefficient (Wildman–Crippen LogP) is 3.26. The number of benzene rings is 1. The van der Waals surface area contributed by atoms with E-state index in [1.54, 1.807) is 22.5 Å². The van der Waals surface area contributed by atoms with Gasteiger partial charge in [-0.1, -0.05) is 18.2 Å². The van der Waals surface area contributed by atoms with Gasteiger partial charge in [0.05, 0.1) is 5.52 Å². The zero-order valence-corrected chi connectivity index (χ0v) is 13.9. The number of nitrogens with zero attached hydrogens (tertiary/aromatic N) is 4. The molecule has 4 rings (SSSR count). The Morgan fingerprint density at radius 1 is 1.21 bits per heavy atom. The average molecular weight is 336 g/mol. The summed E-state index contributed by atoms with van der Waals surface area (Å²) in [6.07, 6.45) is 5.66. The molecule has 0 saturated carbocycles. The van der Waals surface area contributed by atoms with Crippen LogP contribution >= 0.6 is 11.3 Å². The summed E-state index contributed by atoms with van der Waals surface area (Å²) in [4.78, 5) is 20.7. The number of fused-ring (bicyclic) bond motifs is 1. The van der Waals surface area contributed by atoms with Gasteiger partial charge in [-0.3, -0.25) is 9.78 Å². The molecule has 0 unspecified atom stereocenters. The van der Waals surface area contributed by atoms with E-state index in [4.69, 9.17) is 0 Å². The number of pyridine rings is 1. The molecule has 0 atom stereocenters. The zero-order chi connectivity index (χ0) is 16.4. The Morgan fingerprint density at radius 3 is 2.92 bits per heavy atom. The minimum Gasteiger partial charge on any atom is -0.273 e. The summed E-state index contributed by atoms with van der Waals surface area (Å²) >= 11 is 1.54. The lowest BCUT2D eigenvalue weighted by Crippen LogP contribution is -2.21. The molecular formula is C18H16N4OS. The normalized spacial score (nSPS) is 15.4. The van der Waals surface area contributed by atoms with Crippen molar-refractivity contribution in [2.75, 3.05) is 6.54 Å². The van der Waals surface area contributed by atoms with E-state index in [2.05, 4.69) is 21.1 Å². The lowest BCUT2D eigenvalue weighted by Gasteiger charge is -2.12. The number of carbonyl (C=O) groups excluding carboxylic acids is 1. The number of carbonyl (C=O) groups is 1. The van der Waals surface area contributed by atoms with E-state index in [-0.39, 0.29) is 5.91 Å². The third-order valence-electron chi connectivity index (χ3n) is 4.07. The smallest absolute Gasteiger partial charge is 0.242 e. The van der Waals surface area contributed by atoms with Gasteiger partial charge in [0, 0.05) is 42.5 Å². The van der Waals surface area contributed by atoms with Crippen molar-refractivity contribution in [1.82, 2.24) is 15.0 Å². The van der Waals surface area contributed by atoms with Crippen LogP contribution in [0.1, 0.15) is 23.4 Å². The first-order valence-electron chi connectivity index (χ1n) is 7.91. The number of amides is 1. The molecule has 0 bridgehead atoms. The van der Waals surface area contributed by atoms with Crippen molar-refractivity contribution in [1.29, 1.82) is 0 Å². The van der Waals surface area contributed by atoms with Crippen molar-refractivity contribution in [2.45, 2.75) is 19.3 Å². The molecule has 0 radical (unpaired) electrons. The third kappa shape index (κ3) is 2.92. The van der Waals surface area contributed by atoms with E-state index in [1.165, 1.54) is 0 Å². The molecule has 2 aromatic heterocycles. The fourth-order valence-electron chi connectivity index (χ4n) is 2.89. The number of rotatable bonds is 4. The topological polar surface area (TPSA) is 58.5 Å². The highest BCUT2D eigenvalue weighted by Crippen LogP contribution is 2.20. The second kappa shape index (κ2) is 6.49. The van der Waals surface area contributed by atoms with Crippen molar-refractivity contribution >= 4 is 33.9 Å².